The lowest BCUT2D eigenvalue weighted by Crippen LogP contribution is -2.16. The number of hydrogen-bond acceptors (Lipinski definition) is 1. The summed E-state index contributed by atoms with van der Waals surface area (Å²) in [5.74, 6) is -1.01. The van der Waals surface area contributed by atoms with Crippen molar-refractivity contribution in [1.29, 1.82) is 0 Å². The lowest BCUT2D eigenvalue weighted by Gasteiger charge is -2.05. The van der Waals surface area contributed by atoms with Crippen LogP contribution in [0.15, 0.2) is 35.4 Å². The van der Waals surface area contributed by atoms with Crippen molar-refractivity contribution >= 4 is 0 Å². The molecule has 2 rings (SSSR count). The van der Waals surface area contributed by atoms with Gasteiger partial charge in [0.2, 0.25) is 0 Å². The predicted molar refractivity (Wildman–Crippen MR) is 64.3 cm³/mol. The molecule has 5 heteroatoms. The maximum Gasteiger partial charge on any atom is 0.325 e. The Morgan fingerprint density at radius 1 is 1.17 bits per heavy atom. The largest absolute Gasteiger partial charge is 0.325 e. The van der Waals surface area contributed by atoms with Gasteiger partial charge in [-0.3, -0.25) is 4.57 Å². The lowest BCUT2D eigenvalue weighted by atomic mass is 10.1. The molecule has 1 aromatic heterocycles. The number of benzene rings is 1. The first-order valence-electron chi connectivity index (χ1n) is 5.85. The molecule has 0 aliphatic heterocycles. The molecular weight excluding hydrogens is 238 g/mol. The first kappa shape index (κ1) is 12.5. The highest BCUT2D eigenvalue weighted by Gasteiger charge is 2.07. The van der Waals surface area contributed by atoms with Gasteiger partial charge in [0.25, 0.3) is 0 Å². The Balaban J connectivity index is 1.86. The monoisotopic (exact) mass is 252 g/mol. The fourth-order valence-corrected chi connectivity index (χ4v) is 1.88. The molecule has 0 atom stereocenters. The van der Waals surface area contributed by atoms with E-state index < -0.39 is 11.6 Å². The van der Waals surface area contributed by atoms with E-state index >= 15 is 0 Å². The van der Waals surface area contributed by atoms with E-state index in [1.807, 2.05) is 0 Å². The summed E-state index contributed by atoms with van der Waals surface area (Å²) in [7, 11) is 0. The standard InChI is InChI=1S/C13H14F2N2O/c14-11-5-3-6-12(15)10(11)4-1-2-8-17-9-7-16-13(17)18/h3,5-7,9H,1-2,4,8H2,(H,16,18). The van der Waals surface area contributed by atoms with Crippen LogP contribution >= 0.6 is 0 Å². The van der Waals surface area contributed by atoms with E-state index in [0.29, 0.717) is 25.8 Å². The second kappa shape index (κ2) is 5.62. The Kier molecular flexibility index (Phi) is 3.92. The van der Waals surface area contributed by atoms with Crippen LogP contribution in [0.4, 0.5) is 8.78 Å². The fourth-order valence-electron chi connectivity index (χ4n) is 1.88. The Morgan fingerprint density at radius 3 is 2.50 bits per heavy atom. The second-order valence-corrected chi connectivity index (χ2v) is 4.12. The number of hydrogen-bond donors (Lipinski definition) is 1. The van der Waals surface area contributed by atoms with Gasteiger partial charge in [-0.15, -0.1) is 0 Å². The Bertz CT molecular complexity index is 554. The van der Waals surface area contributed by atoms with Crippen molar-refractivity contribution in [2.75, 3.05) is 0 Å². The van der Waals surface area contributed by atoms with Crippen LogP contribution in [0, 0.1) is 11.6 Å². The van der Waals surface area contributed by atoms with Crippen molar-refractivity contribution < 1.29 is 8.78 Å². The Labute approximate surface area is 103 Å². The van der Waals surface area contributed by atoms with Gasteiger partial charge in [-0.2, -0.15) is 0 Å². The zero-order valence-electron chi connectivity index (χ0n) is 9.83. The highest BCUT2D eigenvalue weighted by molar-refractivity contribution is 5.19. The Morgan fingerprint density at radius 2 is 1.89 bits per heavy atom. The highest BCUT2D eigenvalue weighted by atomic mass is 19.1. The van der Waals surface area contributed by atoms with Gasteiger partial charge in [-0.1, -0.05) is 6.07 Å². The third-order valence-corrected chi connectivity index (χ3v) is 2.86. The molecule has 0 radical (unpaired) electrons. The molecule has 18 heavy (non-hydrogen) atoms. The summed E-state index contributed by atoms with van der Waals surface area (Å²) in [6, 6.07) is 3.87. The number of aryl methyl sites for hydroxylation is 1. The molecule has 1 N–H and O–H groups in total. The Hall–Kier alpha value is -1.91. The van der Waals surface area contributed by atoms with Crippen LogP contribution in [0.3, 0.4) is 0 Å². The van der Waals surface area contributed by atoms with Crippen LogP contribution in [-0.4, -0.2) is 9.55 Å². The van der Waals surface area contributed by atoms with Crippen LogP contribution in [0.2, 0.25) is 0 Å². The minimum Gasteiger partial charge on any atom is -0.313 e. The summed E-state index contributed by atoms with van der Waals surface area (Å²) in [6.07, 6.45) is 4.91. The molecule has 96 valence electrons. The average Bonchev–Trinajstić information content (AvgIpc) is 2.73. The molecule has 0 aliphatic carbocycles. The maximum absolute atomic E-state index is 13.3. The van der Waals surface area contributed by atoms with Crippen molar-refractivity contribution in [1.82, 2.24) is 9.55 Å². The van der Waals surface area contributed by atoms with Gasteiger partial charge in [0.05, 0.1) is 0 Å². The van der Waals surface area contributed by atoms with Crippen LogP contribution in [0.5, 0.6) is 0 Å². The van der Waals surface area contributed by atoms with Gasteiger partial charge in [-0.25, -0.2) is 13.6 Å². The zero-order valence-corrected chi connectivity index (χ0v) is 9.83. The van der Waals surface area contributed by atoms with Crippen LogP contribution < -0.4 is 5.69 Å². The van der Waals surface area contributed by atoms with Crippen molar-refractivity contribution in [3.8, 4) is 0 Å². The number of imidazole rings is 1. The van der Waals surface area contributed by atoms with Crippen molar-refractivity contribution in [2.24, 2.45) is 0 Å². The molecule has 0 saturated carbocycles. The highest BCUT2D eigenvalue weighted by Crippen LogP contribution is 2.14. The lowest BCUT2D eigenvalue weighted by molar-refractivity contribution is 0.534. The number of aromatic nitrogens is 2. The molecule has 3 nitrogen and oxygen atoms in total. The first-order valence-corrected chi connectivity index (χ1v) is 5.85. The maximum atomic E-state index is 13.3. The van der Waals surface area contributed by atoms with Gasteiger partial charge in [0.15, 0.2) is 0 Å². The number of aromatic amines is 1. The molecular formula is C13H14F2N2O. The minimum atomic E-state index is -0.506. The zero-order chi connectivity index (χ0) is 13.0. The van der Waals surface area contributed by atoms with Crippen molar-refractivity contribution in [3.05, 3.63) is 58.3 Å². The number of halogens is 2. The third kappa shape index (κ3) is 2.85. The molecule has 0 spiro atoms. The summed E-state index contributed by atoms with van der Waals surface area (Å²) in [4.78, 5) is 13.7. The molecule has 0 aliphatic rings. The molecule has 0 amide bonds. The molecule has 0 fully saturated rings. The van der Waals surface area contributed by atoms with E-state index in [-0.39, 0.29) is 11.3 Å². The van der Waals surface area contributed by atoms with E-state index in [1.165, 1.54) is 22.8 Å². The number of H-pyrrole nitrogens is 1. The minimum absolute atomic E-state index is 0.124. The van der Waals surface area contributed by atoms with Crippen LogP contribution in [-0.2, 0) is 13.0 Å². The van der Waals surface area contributed by atoms with Crippen molar-refractivity contribution in [2.45, 2.75) is 25.8 Å². The molecule has 1 aromatic carbocycles. The summed E-state index contributed by atoms with van der Waals surface area (Å²) in [5, 5.41) is 0. The third-order valence-electron chi connectivity index (χ3n) is 2.86. The second-order valence-electron chi connectivity index (χ2n) is 4.12. The normalized spacial score (nSPS) is 10.8. The predicted octanol–water partition coefficient (Wildman–Crippen LogP) is 2.48. The van der Waals surface area contributed by atoms with Gasteiger partial charge in [0, 0.05) is 24.5 Å². The fraction of sp³-hybridized carbons (Fsp3) is 0.308. The topological polar surface area (TPSA) is 37.8 Å². The molecule has 0 saturated heterocycles. The van der Waals surface area contributed by atoms with Gasteiger partial charge in [0.1, 0.15) is 11.6 Å². The summed E-state index contributed by atoms with van der Waals surface area (Å²) < 4.78 is 28.2. The van der Waals surface area contributed by atoms with E-state index in [9.17, 15) is 13.6 Å². The molecule has 0 bridgehead atoms. The van der Waals surface area contributed by atoms with E-state index in [1.54, 1.807) is 12.4 Å². The summed E-state index contributed by atoms with van der Waals surface area (Å²) in [5.41, 5.74) is -0.0361. The number of unbranched alkanes of at least 4 members (excludes halogenated alkanes) is 1. The van der Waals surface area contributed by atoms with Crippen LogP contribution in [0.1, 0.15) is 18.4 Å². The molecule has 1 heterocycles. The van der Waals surface area contributed by atoms with Gasteiger partial charge >= 0.3 is 5.69 Å². The summed E-state index contributed by atoms with van der Waals surface area (Å²) >= 11 is 0. The van der Waals surface area contributed by atoms with E-state index in [0.717, 1.165) is 0 Å². The van der Waals surface area contributed by atoms with Gasteiger partial charge < -0.3 is 4.98 Å². The quantitative estimate of drug-likeness (QED) is 0.816. The molecule has 2 aromatic rings. The smallest absolute Gasteiger partial charge is 0.313 e. The number of rotatable bonds is 5. The molecule has 0 unspecified atom stereocenters. The number of nitrogens with zero attached hydrogens (tertiary/aromatic N) is 1. The van der Waals surface area contributed by atoms with Crippen molar-refractivity contribution in [3.63, 3.8) is 0 Å². The average molecular weight is 252 g/mol. The SMILES string of the molecule is O=c1[nH]ccn1CCCCc1c(F)cccc1F. The van der Waals surface area contributed by atoms with Gasteiger partial charge in [-0.05, 0) is 31.4 Å². The van der Waals surface area contributed by atoms with E-state index in [4.69, 9.17) is 0 Å². The van der Waals surface area contributed by atoms with Crippen LogP contribution in [0.25, 0.3) is 0 Å². The number of nitrogens with one attached hydrogen (secondary N) is 1. The summed E-state index contributed by atoms with van der Waals surface area (Å²) in [6.45, 7) is 0.554. The first-order chi connectivity index (χ1) is 8.68. The van der Waals surface area contributed by atoms with E-state index in [2.05, 4.69) is 4.98 Å².